The Morgan fingerprint density at radius 2 is 2.11 bits per heavy atom. The fraction of sp³-hybridized carbons (Fsp3) is 0.714. The van der Waals surface area contributed by atoms with Crippen molar-refractivity contribution in [1.29, 1.82) is 0 Å². The summed E-state index contributed by atoms with van der Waals surface area (Å²) in [6, 6.07) is 1.84. The molecule has 4 rings (SSSR count). The van der Waals surface area contributed by atoms with Gasteiger partial charge in [-0.25, -0.2) is 9.87 Å². The average Bonchev–Trinajstić information content (AvgIpc) is 2.67. The van der Waals surface area contributed by atoms with Crippen LogP contribution in [0.15, 0.2) is 12.3 Å². The van der Waals surface area contributed by atoms with Crippen LogP contribution >= 0.6 is 0 Å². The van der Waals surface area contributed by atoms with Gasteiger partial charge in [0.25, 0.3) is 5.91 Å². The quantitative estimate of drug-likeness (QED) is 0.611. The molecule has 1 aromatic rings. The summed E-state index contributed by atoms with van der Waals surface area (Å²) < 4.78 is 14.3. The van der Waals surface area contributed by atoms with E-state index in [0.717, 1.165) is 69.4 Å². The molecule has 2 atom stereocenters. The van der Waals surface area contributed by atoms with Gasteiger partial charge >= 0.3 is 0 Å². The van der Waals surface area contributed by atoms with Gasteiger partial charge in [-0.3, -0.25) is 19.9 Å². The van der Waals surface area contributed by atoms with Gasteiger partial charge in [-0.2, -0.15) is 0 Å². The number of hydrogen-bond donors (Lipinski definition) is 2. The van der Waals surface area contributed by atoms with Crippen molar-refractivity contribution in [2.24, 2.45) is 17.8 Å². The van der Waals surface area contributed by atoms with Gasteiger partial charge in [0.1, 0.15) is 6.17 Å². The molecule has 2 fully saturated rings. The third-order valence-corrected chi connectivity index (χ3v) is 6.89. The van der Waals surface area contributed by atoms with Crippen molar-refractivity contribution in [3.05, 3.63) is 29.1 Å². The molecule has 0 spiro atoms. The summed E-state index contributed by atoms with van der Waals surface area (Å²) in [5.74, 6) is 0.834. The van der Waals surface area contributed by atoms with Crippen LogP contribution in [-0.2, 0) is 13.0 Å². The minimum Gasteiger partial charge on any atom is -0.299 e. The summed E-state index contributed by atoms with van der Waals surface area (Å²) in [5.41, 5.74) is 4.20. The van der Waals surface area contributed by atoms with E-state index >= 15 is 0 Å². The molecule has 0 saturated heterocycles. The summed E-state index contributed by atoms with van der Waals surface area (Å²) in [5, 5.41) is 8.80. The number of hydrogen-bond acceptors (Lipinski definition) is 4. The van der Waals surface area contributed by atoms with Crippen molar-refractivity contribution in [1.82, 2.24) is 15.4 Å². The molecule has 1 aliphatic heterocycles. The number of hydroxylamine groups is 1. The Labute approximate surface area is 160 Å². The Bertz CT molecular complexity index is 669. The van der Waals surface area contributed by atoms with Gasteiger partial charge in [0.2, 0.25) is 0 Å². The molecule has 2 saturated carbocycles. The fourth-order valence-electron chi connectivity index (χ4n) is 5.50. The fourth-order valence-corrected chi connectivity index (χ4v) is 5.50. The normalized spacial score (nSPS) is 30.6. The number of carbonyl (C=O) groups is 1. The van der Waals surface area contributed by atoms with Crippen molar-refractivity contribution < 1.29 is 14.4 Å². The van der Waals surface area contributed by atoms with Gasteiger partial charge in [-0.1, -0.05) is 6.42 Å². The first-order chi connectivity index (χ1) is 13.1. The van der Waals surface area contributed by atoms with Gasteiger partial charge in [0.05, 0.1) is 5.56 Å². The monoisotopic (exact) mass is 375 g/mol. The van der Waals surface area contributed by atoms with Gasteiger partial charge in [-0.05, 0) is 74.5 Å². The molecule has 2 bridgehead atoms. The van der Waals surface area contributed by atoms with Gasteiger partial charge in [-0.15, -0.1) is 0 Å². The smallest absolute Gasteiger partial charge is 0.276 e. The molecule has 0 aromatic carbocycles. The summed E-state index contributed by atoms with van der Waals surface area (Å²) >= 11 is 0. The molecule has 2 N–H and O–H groups in total. The highest BCUT2D eigenvalue weighted by Crippen LogP contribution is 2.45. The van der Waals surface area contributed by atoms with Crippen molar-refractivity contribution in [2.75, 3.05) is 13.1 Å². The zero-order valence-corrected chi connectivity index (χ0v) is 15.9. The summed E-state index contributed by atoms with van der Waals surface area (Å²) in [6.45, 7) is 2.84. The number of nitrogens with one attached hydrogen (secondary N) is 1. The second kappa shape index (κ2) is 8.23. The number of pyridine rings is 1. The first-order valence-electron chi connectivity index (χ1n) is 10.4. The zero-order valence-electron chi connectivity index (χ0n) is 15.9. The topological polar surface area (TPSA) is 65.5 Å². The molecule has 2 heterocycles. The number of halogens is 1. The second-order valence-electron chi connectivity index (χ2n) is 8.67. The summed E-state index contributed by atoms with van der Waals surface area (Å²) in [7, 11) is 0. The third-order valence-electron chi connectivity index (χ3n) is 6.89. The summed E-state index contributed by atoms with van der Waals surface area (Å²) in [6.07, 6.45) is 9.82. The van der Waals surface area contributed by atoms with Crippen LogP contribution in [0.4, 0.5) is 4.39 Å². The van der Waals surface area contributed by atoms with E-state index in [4.69, 9.17) is 5.21 Å². The first kappa shape index (κ1) is 18.8. The molecule has 148 valence electrons. The highest BCUT2D eigenvalue weighted by Gasteiger charge is 2.40. The number of fused-ring (bicyclic) bond motifs is 3. The Morgan fingerprint density at radius 1 is 1.33 bits per heavy atom. The number of rotatable bonds is 5. The summed E-state index contributed by atoms with van der Waals surface area (Å²) in [4.78, 5) is 18.4. The molecule has 1 aromatic heterocycles. The zero-order chi connectivity index (χ0) is 18.8. The van der Waals surface area contributed by atoms with Crippen LogP contribution in [0.1, 0.15) is 66.6 Å². The van der Waals surface area contributed by atoms with E-state index in [1.165, 1.54) is 19.0 Å². The Balaban J connectivity index is 1.27. The van der Waals surface area contributed by atoms with Crippen LogP contribution in [0.25, 0.3) is 0 Å². The van der Waals surface area contributed by atoms with Crippen LogP contribution in [0.5, 0.6) is 0 Å². The van der Waals surface area contributed by atoms with Crippen molar-refractivity contribution in [2.45, 2.75) is 64.1 Å². The molecule has 1 amide bonds. The highest BCUT2D eigenvalue weighted by atomic mass is 19.1. The predicted molar refractivity (Wildman–Crippen MR) is 100 cm³/mol. The maximum atomic E-state index is 14.3. The molecule has 27 heavy (non-hydrogen) atoms. The van der Waals surface area contributed by atoms with E-state index in [9.17, 15) is 9.18 Å². The third kappa shape index (κ3) is 4.16. The lowest BCUT2D eigenvalue weighted by Gasteiger charge is -2.42. The molecule has 2 unspecified atom stereocenters. The van der Waals surface area contributed by atoms with Crippen LogP contribution in [0.2, 0.25) is 0 Å². The molecule has 2 aliphatic carbocycles. The minimum absolute atomic E-state index is 0.325. The van der Waals surface area contributed by atoms with E-state index in [2.05, 4.69) is 9.88 Å². The molecule has 6 heteroatoms. The predicted octanol–water partition coefficient (Wildman–Crippen LogP) is 3.50. The lowest BCUT2D eigenvalue weighted by molar-refractivity contribution is 0.0217. The second-order valence-corrected chi connectivity index (χ2v) is 8.67. The van der Waals surface area contributed by atoms with E-state index in [1.807, 2.05) is 6.07 Å². The molecular weight excluding hydrogens is 345 g/mol. The van der Waals surface area contributed by atoms with E-state index in [1.54, 1.807) is 5.48 Å². The highest BCUT2D eigenvalue weighted by molar-refractivity contribution is 5.93. The number of amides is 1. The standard InChI is InChI=1S/C21H30FN3O2/c22-20-15-4-1-5-16(20)10-14(9-15)3-2-7-25-8-6-19-18(13-25)11-17(12-23-19)21(26)24-27/h11-12,14-16,20,27H,1-10,13H2,(H,24,26). The van der Waals surface area contributed by atoms with Gasteiger partial charge < -0.3 is 0 Å². The Kier molecular flexibility index (Phi) is 5.74. The van der Waals surface area contributed by atoms with Crippen LogP contribution in [0, 0.1) is 17.8 Å². The van der Waals surface area contributed by atoms with Crippen molar-refractivity contribution >= 4 is 5.91 Å². The van der Waals surface area contributed by atoms with Crippen molar-refractivity contribution in [3.8, 4) is 0 Å². The van der Waals surface area contributed by atoms with E-state index in [-0.39, 0.29) is 0 Å². The number of nitrogens with zero attached hydrogens (tertiary/aromatic N) is 2. The number of aromatic nitrogens is 1. The average molecular weight is 375 g/mol. The van der Waals surface area contributed by atoms with E-state index in [0.29, 0.717) is 23.3 Å². The van der Waals surface area contributed by atoms with Crippen LogP contribution < -0.4 is 5.48 Å². The molecule has 3 aliphatic rings. The maximum absolute atomic E-state index is 14.3. The number of carbonyl (C=O) groups excluding carboxylic acids is 1. The largest absolute Gasteiger partial charge is 0.299 e. The van der Waals surface area contributed by atoms with Gasteiger partial charge in [0, 0.05) is 31.4 Å². The van der Waals surface area contributed by atoms with Gasteiger partial charge in [0.15, 0.2) is 0 Å². The van der Waals surface area contributed by atoms with Crippen LogP contribution in [0.3, 0.4) is 0 Å². The van der Waals surface area contributed by atoms with E-state index < -0.39 is 12.1 Å². The lowest BCUT2D eigenvalue weighted by atomic mass is 9.66. The Hall–Kier alpha value is -1.53. The van der Waals surface area contributed by atoms with Crippen LogP contribution in [-0.4, -0.2) is 40.3 Å². The minimum atomic E-state index is -0.536. The van der Waals surface area contributed by atoms with Crippen molar-refractivity contribution in [3.63, 3.8) is 0 Å². The lowest BCUT2D eigenvalue weighted by Crippen LogP contribution is -2.38. The maximum Gasteiger partial charge on any atom is 0.276 e. The number of alkyl halides is 1. The molecule has 5 nitrogen and oxygen atoms in total. The molecular formula is C21H30FN3O2. The first-order valence-corrected chi connectivity index (χ1v) is 10.4. The molecule has 0 radical (unpaired) electrons. The SMILES string of the molecule is O=C(NO)c1cnc2c(c1)CN(CCCC1CC3CCCC(C1)C3F)CC2. The Morgan fingerprint density at radius 3 is 2.85 bits per heavy atom.